The number of para-hydroxylation sites is 2. The van der Waals surface area contributed by atoms with Crippen LogP contribution in [0.1, 0.15) is 145 Å². The summed E-state index contributed by atoms with van der Waals surface area (Å²) in [5, 5.41) is 0. The molecular weight excluding hydrogens is 617 g/mol. The number of hydrogen-bond acceptors (Lipinski definition) is 6. The van der Waals surface area contributed by atoms with E-state index in [-0.39, 0.29) is 0 Å². The van der Waals surface area contributed by atoms with Gasteiger partial charge in [0.1, 0.15) is 0 Å². The van der Waals surface area contributed by atoms with Crippen molar-refractivity contribution in [2.75, 3.05) is 13.2 Å². The molecule has 0 aliphatic rings. The van der Waals surface area contributed by atoms with Gasteiger partial charge in [0.25, 0.3) is 0 Å². The fraction of sp³-hybridized carbons (Fsp3) is 0.682. The second-order valence-electron chi connectivity index (χ2n) is 16.6. The average molecular weight is 685 g/mol. The summed E-state index contributed by atoms with van der Waals surface area (Å²) in [5.74, 6) is 5.99. The van der Waals surface area contributed by atoms with E-state index in [1.54, 1.807) is 0 Å². The van der Waals surface area contributed by atoms with Crippen molar-refractivity contribution in [3.63, 3.8) is 0 Å². The van der Waals surface area contributed by atoms with Gasteiger partial charge in [0.15, 0.2) is 22.8 Å². The molecule has 0 amide bonds. The second kappa shape index (κ2) is 20.7. The van der Waals surface area contributed by atoms with Gasteiger partial charge in [-0.1, -0.05) is 145 Å². The third-order valence-corrected chi connectivity index (χ3v) is 10.5. The van der Waals surface area contributed by atoms with Crippen LogP contribution in [0.5, 0.6) is 11.5 Å². The zero-order chi connectivity index (χ0) is 35.9. The van der Waals surface area contributed by atoms with Gasteiger partial charge in [-0.05, 0) is 60.5 Å². The number of aromatic nitrogens is 4. The molecule has 2 aromatic carbocycles. The maximum atomic E-state index is 6.47. The minimum atomic E-state index is 0.547. The van der Waals surface area contributed by atoms with E-state index in [9.17, 15) is 0 Å². The molecule has 6 nitrogen and oxygen atoms in total. The van der Waals surface area contributed by atoms with E-state index in [1.807, 2.05) is 36.4 Å². The van der Waals surface area contributed by atoms with E-state index in [2.05, 4.69) is 55.4 Å². The van der Waals surface area contributed by atoms with Crippen molar-refractivity contribution in [3.8, 4) is 11.5 Å². The monoisotopic (exact) mass is 685 g/mol. The Labute approximate surface area is 304 Å². The molecule has 50 heavy (non-hydrogen) atoms. The molecule has 6 heteroatoms. The quantitative estimate of drug-likeness (QED) is 0.0684. The van der Waals surface area contributed by atoms with Crippen LogP contribution in [0.2, 0.25) is 0 Å². The lowest BCUT2D eigenvalue weighted by Crippen LogP contribution is -2.09. The Hall–Kier alpha value is -3.02. The summed E-state index contributed by atoms with van der Waals surface area (Å²) < 4.78 is 12.9. The first-order valence-electron chi connectivity index (χ1n) is 20.2. The Balaban J connectivity index is 1.35. The molecule has 0 N–H and O–H groups in total. The number of rotatable bonds is 24. The van der Waals surface area contributed by atoms with Gasteiger partial charge in [-0.25, -0.2) is 19.9 Å². The third kappa shape index (κ3) is 13.6. The molecule has 4 rings (SSSR count). The Kier molecular flexibility index (Phi) is 16.5. The smallest absolute Gasteiger partial charge is 0.199 e. The van der Waals surface area contributed by atoms with Crippen LogP contribution < -0.4 is 9.47 Å². The Morgan fingerprint density at radius 2 is 0.740 bits per heavy atom. The highest BCUT2D eigenvalue weighted by atomic mass is 16.5. The summed E-state index contributed by atoms with van der Waals surface area (Å²) in [5.41, 5.74) is 4.23. The normalized spacial score (nSPS) is 14.5. The van der Waals surface area contributed by atoms with Crippen LogP contribution in [0.25, 0.3) is 33.4 Å². The summed E-state index contributed by atoms with van der Waals surface area (Å²) >= 11 is 0. The largest absolute Gasteiger partial charge is 0.490 e. The van der Waals surface area contributed by atoms with E-state index in [0.29, 0.717) is 36.3 Å². The fourth-order valence-electron chi connectivity index (χ4n) is 7.00. The van der Waals surface area contributed by atoms with Crippen molar-refractivity contribution in [2.45, 2.75) is 145 Å². The minimum absolute atomic E-state index is 0.547. The number of ether oxygens (including phenoxy) is 2. The fourth-order valence-corrected chi connectivity index (χ4v) is 7.00. The number of nitrogens with zero attached hydrogens (tertiary/aromatic N) is 4. The van der Waals surface area contributed by atoms with Crippen LogP contribution in [-0.2, 0) is 0 Å². The van der Waals surface area contributed by atoms with Gasteiger partial charge in [-0.15, -0.1) is 0 Å². The highest BCUT2D eigenvalue weighted by Crippen LogP contribution is 2.33. The predicted molar refractivity (Wildman–Crippen MR) is 212 cm³/mol. The van der Waals surface area contributed by atoms with Crippen molar-refractivity contribution < 1.29 is 9.47 Å². The highest BCUT2D eigenvalue weighted by molar-refractivity contribution is 5.89. The van der Waals surface area contributed by atoms with Crippen LogP contribution in [0.4, 0.5) is 0 Å². The molecule has 0 aliphatic carbocycles. The van der Waals surface area contributed by atoms with Gasteiger partial charge >= 0.3 is 0 Å². The molecule has 4 unspecified atom stereocenters. The molecule has 0 saturated heterocycles. The molecule has 0 spiro atoms. The minimum Gasteiger partial charge on any atom is -0.490 e. The first-order chi connectivity index (χ1) is 24.1. The van der Waals surface area contributed by atoms with Crippen LogP contribution in [0, 0.1) is 35.5 Å². The van der Waals surface area contributed by atoms with E-state index in [0.717, 1.165) is 70.1 Å². The maximum absolute atomic E-state index is 6.47. The zero-order valence-electron chi connectivity index (χ0n) is 32.8. The molecule has 4 aromatic rings. The van der Waals surface area contributed by atoms with Gasteiger partial charge < -0.3 is 9.47 Å². The topological polar surface area (TPSA) is 70.0 Å². The van der Waals surface area contributed by atoms with Gasteiger partial charge in [0.05, 0.1) is 35.3 Å². The molecule has 0 fully saturated rings. The van der Waals surface area contributed by atoms with E-state index >= 15 is 0 Å². The number of hydrogen-bond donors (Lipinski definition) is 0. The molecular formula is C44H68N4O2. The number of fused-ring (bicyclic) bond motifs is 3. The molecule has 0 bridgehead atoms. The van der Waals surface area contributed by atoms with Crippen molar-refractivity contribution in [1.82, 2.24) is 19.9 Å². The number of benzene rings is 2. The first kappa shape index (κ1) is 39.8. The van der Waals surface area contributed by atoms with Crippen molar-refractivity contribution in [2.24, 2.45) is 35.5 Å². The summed E-state index contributed by atoms with van der Waals surface area (Å²) in [6.07, 6.45) is 17.9. The lowest BCUT2D eigenvalue weighted by molar-refractivity contribution is 0.237. The van der Waals surface area contributed by atoms with Crippen LogP contribution in [-0.4, -0.2) is 33.1 Å². The van der Waals surface area contributed by atoms with Crippen molar-refractivity contribution in [1.29, 1.82) is 0 Å². The Morgan fingerprint density at radius 3 is 1.10 bits per heavy atom. The standard InChI is InChI=1S/C44H68N4O2/c1-31(2)15-11-17-33(5)19-13-21-35(7)25-27-49-41-29-39-40(48-44-43(47-39)45-37-23-9-10-24-38(37)46-44)30-42(41)50-28-26-36(8)22-14-20-34(6)18-12-16-32(3)4/h9-10,23-24,29-36H,11-22,25-28H2,1-8H3. The second-order valence-corrected chi connectivity index (χ2v) is 16.6. The van der Waals surface area contributed by atoms with Gasteiger partial charge in [-0.3, -0.25) is 0 Å². The zero-order valence-corrected chi connectivity index (χ0v) is 32.8. The molecule has 0 aliphatic heterocycles. The molecule has 2 aromatic heterocycles. The SMILES string of the molecule is CC(C)CCCC(C)CCCC(C)CCOc1cc2nc3nc4ccccc4nc3nc2cc1OCCC(C)CCCC(C)CCCC(C)C. The highest BCUT2D eigenvalue weighted by Gasteiger charge is 2.15. The summed E-state index contributed by atoms with van der Waals surface area (Å²) in [6, 6.07) is 11.8. The molecule has 0 radical (unpaired) electrons. The Bertz CT molecular complexity index is 1460. The third-order valence-electron chi connectivity index (χ3n) is 10.5. The summed E-state index contributed by atoms with van der Waals surface area (Å²) in [6.45, 7) is 20.2. The van der Waals surface area contributed by atoms with Crippen LogP contribution in [0.15, 0.2) is 36.4 Å². The molecule has 276 valence electrons. The van der Waals surface area contributed by atoms with E-state index < -0.39 is 0 Å². The first-order valence-corrected chi connectivity index (χ1v) is 20.2. The predicted octanol–water partition coefficient (Wildman–Crippen LogP) is 12.8. The summed E-state index contributed by atoms with van der Waals surface area (Å²) in [7, 11) is 0. The average Bonchev–Trinajstić information content (AvgIpc) is 3.06. The van der Waals surface area contributed by atoms with Crippen molar-refractivity contribution >= 4 is 33.4 Å². The van der Waals surface area contributed by atoms with Gasteiger partial charge in [-0.2, -0.15) is 0 Å². The molecule has 4 atom stereocenters. The van der Waals surface area contributed by atoms with Gasteiger partial charge in [0.2, 0.25) is 0 Å². The lowest BCUT2D eigenvalue weighted by Gasteiger charge is -2.18. The van der Waals surface area contributed by atoms with Crippen LogP contribution in [0.3, 0.4) is 0 Å². The van der Waals surface area contributed by atoms with Crippen molar-refractivity contribution in [3.05, 3.63) is 36.4 Å². The summed E-state index contributed by atoms with van der Waals surface area (Å²) in [4.78, 5) is 19.2. The van der Waals surface area contributed by atoms with E-state index in [4.69, 9.17) is 29.4 Å². The van der Waals surface area contributed by atoms with Gasteiger partial charge in [0, 0.05) is 12.1 Å². The lowest BCUT2D eigenvalue weighted by atomic mass is 9.93. The molecule has 0 saturated carbocycles. The molecule has 2 heterocycles. The Morgan fingerprint density at radius 1 is 0.420 bits per heavy atom. The van der Waals surface area contributed by atoms with E-state index in [1.165, 1.54) is 77.0 Å². The van der Waals surface area contributed by atoms with Crippen LogP contribution >= 0.6 is 0 Å². The maximum Gasteiger partial charge on any atom is 0.199 e.